The standard InChI is InChI=1S/C50H95NO5/c1-3-5-7-9-11-13-15-17-19-21-22-23-24-25-26-27-28-30-32-34-36-38-40-42-44-48(54)50(56)51-46(45-52)49(55)47(53)43-41-39-37-35-33-31-29-20-18-16-14-12-10-8-6-4-2/h12,14,20,29,35,37,46-49,52-55H,3-11,13,15-19,21-28,30-34,36,38-45H2,1-2H3,(H,51,56)/b14-12+,29-20+,37-35+. The highest BCUT2D eigenvalue weighted by molar-refractivity contribution is 5.80. The maximum absolute atomic E-state index is 12.5. The van der Waals surface area contributed by atoms with E-state index in [1.165, 1.54) is 161 Å². The monoisotopic (exact) mass is 790 g/mol. The number of hydrogen-bond acceptors (Lipinski definition) is 5. The average molecular weight is 790 g/mol. The zero-order chi connectivity index (χ0) is 41.0. The molecule has 0 saturated carbocycles. The van der Waals surface area contributed by atoms with E-state index in [1.807, 2.05) is 0 Å². The minimum Gasteiger partial charge on any atom is -0.394 e. The molecular formula is C50H95NO5. The lowest BCUT2D eigenvalue weighted by atomic mass is 10.00. The van der Waals surface area contributed by atoms with E-state index in [0.717, 1.165) is 51.4 Å². The van der Waals surface area contributed by atoms with Crippen LogP contribution in [0.4, 0.5) is 0 Å². The summed E-state index contributed by atoms with van der Waals surface area (Å²) in [5, 5.41) is 43.7. The van der Waals surface area contributed by atoms with Gasteiger partial charge in [-0.05, 0) is 64.2 Å². The van der Waals surface area contributed by atoms with E-state index in [-0.39, 0.29) is 0 Å². The Morgan fingerprint density at radius 3 is 1.12 bits per heavy atom. The molecule has 0 aliphatic rings. The zero-order valence-corrected chi connectivity index (χ0v) is 37.1. The molecule has 0 heterocycles. The van der Waals surface area contributed by atoms with Gasteiger partial charge in [0.05, 0.1) is 18.8 Å². The molecule has 0 aromatic heterocycles. The van der Waals surface area contributed by atoms with Gasteiger partial charge in [-0.2, -0.15) is 0 Å². The summed E-state index contributed by atoms with van der Waals surface area (Å²) in [6.07, 6.45) is 53.3. The maximum atomic E-state index is 12.5. The fourth-order valence-corrected chi connectivity index (χ4v) is 7.44. The average Bonchev–Trinajstić information content (AvgIpc) is 3.20. The van der Waals surface area contributed by atoms with Crippen LogP contribution in [0.1, 0.15) is 245 Å². The van der Waals surface area contributed by atoms with Crippen LogP contribution in [0, 0.1) is 0 Å². The van der Waals surface area contributed by atoms with Gasteiger partial charge in [0.1, 0.15) is 12.2 Å². The van der Waals surface area contributed by atoms with Crippen molar-refractivity contribution in [3.05, 3.63) is 36.5 Å². The van der Waals surface area contributed by atoms with Crippen LogP contribution in [0.25, 0.3) is 0 Å². The summed E-state index contributed by atoms with van der Waals surface area (Å²) in [7, 11) is 0. The number of carbonyl (C=O) groups is 1. The second-order valence-electron chi connectivity index (χ2n) is 16.8. The van der Waals surface area contributed by atoms with Crippen LogP contribution in [0.3, 0.4) is 0 Å². The van der Waals surface area contributed by atoms with E-state index in [0.29, 0.717) is 19.3 Å². The van der Waals surface area contributed by atoms with Crippen molar-refractivity contribution in [1.82, 2.24) is 5.32 Å². The lowest BCUT2D eigenvalue weighted by Gasteiger charge is -2.27. The van der Waals surface area contributed by atoms with Crippen LogP contribution in [-0.2, 0) is 4.79 Å². The Morgan fingerprint density at radius 2 is 0.750 bits per heavy atom. The van der Waals surface area contributed by atoms with Gasteiger partial charge in [0.25, 0.3) is 0 Å². The van der Waals surface area contributed by atoms with Gasteiger partial charge in [0, 0.05) is 0 Å². The van der Waals surface area contributed by atoms with Gasteiger partial charge in [-0.1, -0.05) is 217 Å². The van der Waals surface area contributed by atoms with Gasteiger partial charge in [-0.25, -0.2) is 0 Å². The largest absolute Gasteiger partial charge is 0.394 e. The number of carbonyl (C=O) groups excluding carboxylic acids is 1. The fourth-order valence-electron chi connectivity index (χ4n) is 7.44. The lowest BCUT2D eigenvalue weighted by Crippen LogP contribution is -2.53. The van der Waals surface area contributed by atoms with Crippen molar-refractivity contribution in [2.75, 3.05) is 6.61 Å². The third kappa shape index (κ3) is 38.1. The lowest BCUT2D eigenvalue weighted by molar-refractivity contribution is -0.132. The highest BCUT2D eigenvalue weighted by Crippen LogP contribution is 2.17. The first-order chi connectivity index (χ1) is 27.5. The molecule has 0 saturated heterocycles. The van der Waals surface area contributed by atoms with Gasteiger partial charge in [-0.15, -0.1) is 0 Å². The number of nitrogens with one attached hydrogen (secondary N) is 1. The summed E-state index contributed by atoms with van der Waals surface area (Å²) < 4.78 is 0. The molecule has 0 fully saturated rings. The third-order valence-electron chi connectivity index (χ3n) is 11.3. The number of allylic oxidation sites excluding steroid dienone is 6. The number of hydrogen-bond donors (Lipinski definition) is 5. The highest BCUT2D eigenvalue weighted by Gasteiger charge is 2.28. The predicted octanol–water partition coefficient (Wildman–Crippen LogP) is 13.3. The molecule has 0 aromatic carbocycles. The quantitative estimate of drug-likeness (QED) is 0.0312. The Labute approximate surface area is 347 Å². The molecule has 4 unspecified atom stereocenters. The first-order valence-corrected chi connectivity index (χ1v) is 24.4. The van der Waals surface area contributed by atoms with E-state index in [9.17, 15) is 25.2 Å². The summed E-state index contributed by atoms with van der Waals surface area (Å²) in [6.45, 7) is 4.02. The van der Waals surface area contributed by atoms with Crippen molar-refractivity contribution < 1.29 is 25.2 Å². The van der Waals surface area contributed by atoms with Crippen molar-refractivity contribution in [1.29, 1.82) is 0 Å². The summed E-state index contributed by atoms with van der Waals surface area (Å²) >= 11 is 0. The summed E-state index contributed by atoms with van der Waals surface area (Å²) in [4.78, 5) is 12.5. The van der Waals surface area contributed by atoms with Gasteiger partial charge in [0.15, 0.2) is 0 Å². The first-order valence-electron chi connectivity index (χ1n) is 24.4. The Morgan fingerprint density at radius 1 is 0.429 bits per heavy atom. The van der Waals surface area contributed by atoms with E-state index >= 15 is 0 Å². The molecule has 0 bridgehead atoms. The van der Waals surface area contributed by atoms with E-state index in [1.54, 1.807) is 0 Å². The van der Waals surface area contributed by atoms with Crippen LogP contribution in [-0.4, -0.2) is 57.3 Å². The topological polar surface area (TPSA) is 110 Å². The molecule has 0 aliphatic carbocycles. The molecule has 6 heteroatoms. The van der Waals surface area contributed by atoms with Crippen molar-refractivity contribution in [2.45, 2.75) is 269 Å². The molecule has 56 heavy (non-hydrogen) atoms. The van der Waals surface area contributed by atoms with Gasteiger partial charge < -0.3 is 25.7 Å². The van der Waals surface area contributed by atoms with Crippen molar-refractivity contribution in [3.63, 3.8) is 0 Å². The Bertz CT molecular complexity index is 889. The second-order valence-corrected chi connectivity index (χ2v) is 16.8. The zero-order valence-electron chi connectivity index (χ0n) is 37.1. The van der Waals surface area contributed by atoms with Crippen LogP contribution < -0.4 is 5.32 Å². The van der Waals surface area contributed by atoms with Gasteiger partial charge in [0.2, 0.25) is 5.91 Å². The molecule has 0 radical (unpaired) electrons. The number of rotatable bonds is 44. The van der Waals surface area contributed by atoms with Gasteiger partial charge in [-0.3, -0.25) is 4.79 Å². The summed E-state index contributed by atoms with van der Waals surface area (Å²) in [5.74, 6) is -0.597. The molecule has 5 N–H and O–H groups in total. The normalized spacial score (nSPS) is 14.3. The molecule has 4 atom stereocenters. The van der Waals surface area contributed by atoms with Crippen molar-refractivity contribution in [2.24, 2.45) is 0 Å². The van der Waals surface area contributed by atoms with E-state index in [4.69, 9.17) is 0 Å². The molecule has 0 aromatic rings. The molecule has 6 nitrogen and oxygen atoms in total. The Hall–Kier alpha value is -1.47. The number of aliphatic hydroxyl groups excluding tert-OH is 4. The molecule has 0 rings (SSSR count). The third-order valence-corrected chi connectivity index (χ3v) is 11.3. The van der Waals surface area contributed by atoms with E-state index in [2.05, 4.69) is 55.6 Å². The van der Waals surface area contributed by atoms with Crippen molar-refractivity contribution >= 4 is 5.91 Å². The molecule has 0 spiro atoms. The number of amides is 1. The van der Waals surface area contributed by atoms with Crippen LogP contribution in [0.15, 0.2) is 36.5 Å². The summed E-state index contributed by atoms with van der Waals surface area (Å²) in [5.41, 5.74) is 0. The molecular weight excluding hydrogens is 695 g/mol. The van der Waals surface area contributed by atoms with Crippen LogP contribution in [0.2, 0.25) is 0 Å². The SMILES string of the molecule is CCCCC/C=C/CC/C=C/CC/C=C/CCCC(O)C(O)C(CO)NC(=O)C(O)CCCCCCCCCCCCCCCCCCCCCCCCCC. The Balaban J connectivity index is 3.70. The molecule has 0 aliphatic heterocycles. The fraction of sp³-hybridized carbons (Fsp3) is 0.860. The van der Waals surface area contributed by atoms with Gasteiger partial charge >= 0.3 is 0 Å². The summed E-state index contributed by atoms with van der Waals surface area (Å²) in [6, 6.07) is -1.01. The number of unbranched alkanes of at least 4 members (excludes halogenated alkanes) is 29. The minimum atomic E-state index is -1.29. The predicted molar refractivity (Wildman–Crippen MR) is 242 cm³/mol. The second kappa shape index (κ2) is 44.6. The first kappa shape index (κ1) is 54.5. The van der Waals surface area contributed by atoms with Crippen LogP contribution >= 0.6 is 0 Å². The van der Waals surface area contributed by atoms with Crippen LogP contribution in [0.5, 0.6) is 0 Å². The molecule has 330 valence electrons. The van der Waals surface area contributed by atoms with E-state index < -0.39 is 36.9 Å². The molecule has 1 amide bonds. The highest BCUT2D eigenvalue weighted by atomic mass is 16.3. The maximum Gasteiger partial charge on any atom is 0.249 e. The minimum absolute atomic E-state index is 0.362. The van der Waals surface area contributed by atoms with Crippen molar-refractivity contribution in [3.8, 4) is 0 Å². The smallest absolute Gasteiger partial charge is 0.249 e. The number of aliphatic hydroxyl groups is 4. The Kier molecular flexibility index (Phi) is 43.5.